The highest BCUT2D eigenvalue weighted by Crippen LogP contribution is 2.38. The minimum absolute atomic E-state index is 0.171. The molecule has 4 rings (SSSR count). The lowest BCUT2D eigenvalue weighted by Gasteiger charge is -2.18. The Kier molecular flexibility index (Phi) is 6.31. The summed E-state index contributed by atoms with van der Waals surface area (Å²) >= 11 is 4.62. The fourth-order valence-corrected chi connectivity index (χ4v) is 7.27. The predicted molar refractivity (Wildman–Crippen MR) is 129 cm³/mol. The van der Waals surface area contributed by atoms with Crippen LogP contribution in [0.15, 0.2) is 45.6 Å². The molecule has 0 saturated carbocycles. The molecule has 0 aliphatic rings. The molecule has 2 aromatic heterocycles. The van der Waals surface area contributed by atoms with Gasteiger partial charge in [-0.15, -0.1) is 11.3 Å². The highest BCUT2D eigenvalue weighted by atomic mass is 32.2. The maximum Gasteiger partial charge on any atom is 0.257 e. The number of anilines is 1. The molecule has 0 aliphatic carbocycles. The van der Waals surface area contributed by atoms with Crippen LogP contribution in [-0.2, 0) is 10.0 Å². The van der Waals surface area contributed by atoms with Crippen molar-refractivity contribution in [2.75, 3.05) is 24.7 Å². The van der Waals surface area contributed by atoms with Crippen LogP contribution in [0.2, 0.25) is 0 Å². The van der Waals surface area contributed by atoms with Gasteiger partial charge in [0.2, 0.25) is 10.0 Å². The quantitative estimate of drug-likeness (QED) is 0.369. The van der Waals surface area contributed by atoms with Crippen molar-refractivity contribution in [3.8, 4) is 0 Å². The van der Waals surface area contributed by atoms with E-state index < -0.39 is 10.0 Å². The molecular formula is C20H20N4O3S4. The third-order valence-corrected chi connectivity index (χ3v) is 10.0. The number of carbonyl (C=O) groups excluding carboxylic acids is 1. The first kappa shape index (κ1) is 22.2. The summed E-state index contributed by atoms with van der Waals surface area (Å²) in [7, 11) is -3.56. The fraction of sp³-hybridized carbons (Fsp3) is 0.250. The van der Waals surface area contributed by atoms with Gasteiger partial charge in [-0.1, -0.05) is 36.9 Å². The monoisotopic (exact) mass is 492 g/mol. The molecule has 1 N–H and O–H groups in total. The average Bonchev–Trinajstić information content (AvgIpc) is 3.37. The third-order valence-electron chi connectivity index (χ3n) is 4.75. The van der Waals surface area contributed by atoms with Gasteiger partial charge in [0.15, 0.2) is 9.47 Å². The topological polar surface area (TPSA) is 92.3 Å². The number of benzene rings is 2. The summed E-state index contributed by atoms with van der Waals surface area (Å²) in [5, 5.41) is 3.32. The van der Waals surface area contributed by atoms with Gasteiger partial charge in [-0.3, -0.25) is 10.1 Å². The maximum absolute atomic E-state index is 12.7. The first-order valence-electron chi connectivity index (χ1n) is 9.53. The van der Waals surface area contributed by atoms with Crippen molar-refractivity contribution in [2.24, 2.45) is 0 Å². The van der Waals surface area contributed by atoms with E-state index in [1.54, 1.807) is 36.9 Å². The Morgan fingerprint density at radius 2 is 1.61 bits per heavy atom. The molecule has 11 heteroatoms. The fourth-order valence-electron chi connectivity index (χ4n) is 3.15. The lowest BCUT2D eigenvalue weighted by Crippen LogP contribution is -2.30. The number of fused-ring (bicyclic) bond motifs is 3. The van der Waals surface area contributed by atoms with Gasteiger partial charge >= 0.3 is 0 Å². The van der Waals surface area contributed by atoms with Crippen molar-refractivity contribution in [1.29, 1.82) is 0 Å². The Morgan fingerprint density at radius 1 is 1.00 bits per heavy atom. The summed E-state index contributed by atoms with van der Waals surface area (Å²) in [5.74, 6) is -0.337. The summed E-state index contributed by atoms with van der Waals surface area (Å²) in [6.45, 7) is 4.37. The van der Waals surface area contributed by atoms with Crippen LogP contribution in [0.3, 0.4) is 0 Å². The second-order valence-corrected chi connectivity index (χ2v) is 11.5. The van der Waals surface area contributed by atoms with Crippen LogP contribution in [0.4, 0.5) is 5.13 Å². The molecule has 162 valence electrons. The van der Waals surface area contributed by atoms with E-state index in [1.165, 1.54) is 39.9 Å². The summed E-state index contributed by atoms with van der Waals surface area (Å²) in [5.41, 5.74) is 2.10. The van der Waals surface area contributed by atoms with Crippen molar-refractivity contribution < 1.29 is 13.2 Å². The second-order valence-electron chi connectivity index (χ2n) is 6.53. The summed E-state index contributed by atoms with van der Waals surface area (Å²) in [6, 6.07) is 9.81. The number of carbonyl (C=O) groups is 1. The molecule has 0 aliphatic heterocycles. The van der Waals surface area contributed by atoms with E-state index in [2.05, 4.69) is 15.3 Å². The summed E-state index contributed by atoms with van der Waals surface area (Å²) < 4.78 is 29.6. The van der Waals surface area contributed by atoms with Crippen molar-refractivity contribution in [1.82, 2.24) is 14.3 Å². The number of hydrogen-bond acceptors (Lipinski definition) is 8. The van der Waals surface area contributed by atoms with Crippen LogP contribution in [0.1, 0.15) is 24.2 Å². The van der Waals surface area contributed by atoms with E-state index in [-0.39, 0.29) is 10.8 Å². The Labute approximate surface area is 192 Å². The van der Waals surface area contributed by atoms with Gasteiger partial charge in [-0.05, 0) is 42.7 Å². The van der Waals surface area contributed by atoms with E-state index in [1.807, 2.05) is 18.4 Å². The van der Waals surface area contributed by atoms with Gasteiger partial charge in [0, 0.05) is 18.7 Å². The van der Waals surface area contributed by atoms with Crippen molar-refractivity contribution in [3.63, 3.8) is 0 Å². The van der Waals surface area contributed by atoms with Crippen LogP contribution in [0.5, 0.6) is 0 Å². The molecule has 0 radical (unpaired) electrons. The SMILES string of the molecule is CCN(CC)S(=O)(=O)c1ccc(C(=O)Nc2nc3ccc4nc(SC)sc4c3s2)cc1. The molecule has 0 fully saturated rings. The lowest BCUT2D eigenvalue weighted by atomic mass is 10.2. The predicted octanol–water partition coefficient (Wildman–Crippen LogP) is 4.91. The molecule has 7 nitrogen and oxygen atoms in total. The maximum atomic E-state index is 12.7. The summed E-state index contributed by atoms with van der Waals surface area (Å²) in [6.07, 6.45) is 1.99. The van der Waals surface area contributed by atoms with Crippen LogP contribution in [-0.4, -0.2) is 47.9 Å². The normalized spacial score (nSPS) is 12.1. The number of hydrogen-bond donors (Lipinski definition) is 1. The minimum atomic E-state index is -3.56. The van der Waals surface area contributed by atoms with Crippen molar-refractivity contribution in [3.05, 3.63) is 42.0 Å². The van der Waals surface area contributed by atoms with Gasteiger partial charge in [-0.25, -0.2) is 18.4 Å². The molecule has 0 saturated heterocycles. The highest BCUT2D eigenvalue weighted by molar-refractivity contribution is 8.00. The summed E-state index contributed by atoms with van der Waals surface area (Å²) in [4.78, 5) is 22.0. The molecule has 2 heterocycles. The molecule has 2 aromatic carbocycles. The number of amides is 1. The second kappa shape index (κ2) is 8.83. The van der Waals surface area contributed by atoms with Crippen LogP contribution < -0.4 is 5.32 Å². The van der Waals surface area contributed by atoms with Gasteiger partial charge in [0.1, 0.15) is 0 Å². The van der Waals surface area contributed by atoms with Crippen molar-refractivity contribution >= 4 is 75.9 Å². The molecule has 4 aromatic rings. The zero-order chi connectivity index (χ0) is 22.2. The smallest absolute Gasteiger partial charge is 0.257 e. The first-order valence-corrected chi connectivity index (χ1v) is 13.8. The Morgan fingerprint density at radius 3 is 2.23 bits per heavy atom. The van der Waals surface area contributed by atoms with Gasteiger partial charge in [0.05, 0.1) is 25.3 Å². The number of sulfonamides is 1. The first-order chi connectivity index (χ1) is 14.9. The van der Waals surface area contributed by atoms with Crippen LogP contribution >= 0.6 is 34.4 Å². The van der Waals surface area contributed by atoms with Crippen LogP contribution in [0, 0.1) is 0 Å². The number of rotatable bonds is 7. The van der Waals surface area contributed by atoms with E-state index in [4.69, 9.17) is 0 Å². The molecule has 0 bridgehead atoms. The Balaban J connectivity index is 1.57. The number of thiazole rings is 2. The number of nitrogens with zero attached hydrogens (tertiary/aromatic N) is 3. The molecule has 1 amide bonds. The third kappa shape index (κ3) is 4.20. The standard InChI is InChI=1S/C20H20N4O3S4/c1-4-24(5-2)31(26,27)13-8-6-12(7-9-13)18(25)23-19-21-14-10-11-15-17(16(14)29-19)30-20(22-15)28-3/h6-11H,4-5H2,1-3H3,(H,21,23,25). The van der Waals surface area contributed by atoms with Gasteiger partial charge < -0.3 is 0 Å². The lowest BCUT2D eigenvalue weighted by molar-refractivity contribution is 0.102. The van der Waals surface area contributed by atoms with E-state index in [9.17, 15) is 13.2 Å². The molecule has 31 heavy (non-hydrogen) atoms. The van der Waals surface area contributed by atoms with E-state index >= 15 is 0 Å². The molecule has 0 unspecified atom stereocenters. The number of thioether (sulfide) groups is 1. The Bertz CT molecular complexity index is 1360. The number of nitrogens with one attached hydrogen (secondary N) is 1. The zero-order valence-corrected chi connectivity index (χ0v) is 20.3. The minimum Gasteiger partial charge on any atom is -0.298 e. The molecule has 0 atom stereocenters. The highest BCUT2D eigenvalue weighted by Gasteiger charge is 2.22. The molecular weight excluding hydrogens is 473 g/mol. The number of aromatic nitrogens is 2. The Hall–Kier alpha value is -2.05. The van der Waals surface area contributed by atoms with Gasteiger partial charge in [-0.2, -0.15) is 4.31 Å². The van der Waals surface area contributed by atoms with Gasteiger partial charge in [0.25, 0.3) is 5.91 Å². The van der Waals surface area contributed by atoms with E-state index in [0.717, 1.165) is 24.8 Å². The van der Waals surface area contributed by atoms with Crippen molar-refractivity contribution in [2.45, 2.75) is 23.1 Å². The average molecular weight is 493 g/mol. The largest absolute Gasteiger partial charge is 0.298 e. The zero-order valence-electron chi connectivity index (χ0n) is 17.1. The van der Waals surface area contributed by atoms with Crippen LogP contribution in [0.25, 0.3) is 20.4 Å². The van der Waals surface area contributed by atoms with E-state index in [0.29, 0.717) is 23.8 Å². The molecule has 0 spiro atoms.